The fourth-order valence-corrected chi connectivity index (χ4v) is 4.58. The molecule has 0 radical (unpaired) electrons. The van der Waals surface area contributed by atoms with Gasteiger partial charge in [0.2, 0.25) is 0 Å². The van der Waals surface area contributed by atoms with E-state index in [2.05, 4.69) is 65.7 Å². The van der Waals surface area contributed by atoms with E-state index in [0.717, 1.165) is 64.9 Å². The molecule has 4 rings (SSSR count). The molecule has 3 aromatic heterocycles. The molecule has 32 heavy (non-hydrogen) atoms. The van der Waals surface area contributed by atoms with Crippen molar-refractivity contribution in [3.63, 3.8) is 0 Å². The monoisotopic (exact) mass is 454 g/mol. The maximum atomic E-state index is 9.82. The number of aliphatic hydroxyl groups is 1. The zero-order chi connectivity index (χ0) is 22.7. The third-order valence-electron chi connectivity index (χ3n) is 6.25. The van der Waals surface area contributed by atoms with Crippen LogP contribution in [0.5, 0.6) is 0 Å². The van der Waals surface area contributed by atoms with Crippen molar-refractivity contribution in [3.8, 4) is 0 Å². The highest BCUT2D eigenvalue weighted by Crippen LogP contribution is 2.28. The second-order valence-corrected chi connectivity index (χ2v) is 10.8. The number of hydrogen-bond acceptors (Lipinski definition) is 8. The Hall–Kier alpha value is -2.29. The number of pyridine rings is 2. The highest BCUT2D eigenvalue weighted by Gasteiger charge is 2.21. The lowest BCUT2D eigenvalue weighted by molar-refractivity contribution is 0.126. The lowest BCUT2D eigenvalue weighted by Crippen LogP contribution is -2.37. The quantitative estimate of drug-likeness (QED) is 0.396. The summed E-state index contributed by atoms with van der Waals surface area (Å²) in [6.07, 6.45) is 5.21. The number of aromatic nitrogens is 3. The van der Waals surface area contributed by atoms with Gasteiger partial charge in [0, 0.05) is 24.8 Å². The molecule has 0 amide bonds. The molecule has 1 atom stereocenters. The van der Waals surface area contributed by atoms with Crippen LogP contribution in [0.2, 0.25) is 0 Å². The molecule has 8 heteroatoms. The van der Waals surface area contributed by atoms with E-state index in [0.29, 0.717) is 12.1 Å². The van der Waals surface area contributed by atoms with Gasteiger partial charge in [-0.1, -0.05) is 32.1 Å². The van der Waals surface area contributed by atoms with E-state index in [4.69, 9.17) is 4.98 Å². The molecule has 172 valence electrons. The number of nitrogens with one attached hydrogen (secondary N) is 3. The van der Waals surface area contributed by atoms with Gasteiger partial charge in [-0.2, -0.15) is 0 Å². The van der Waals surface area contributed by atoms with Crippen LogP contribution in [0.3, 0.4) is 0 Å². The summed E-state index contributed by atoms with van der Waals surface area (Å²) >= 11 is 1.52. The summed E-state index contributed by atoms with van der Waals surface area (Å²) in [5.41, 5.74) is 2.23. The highest BCUT2D eigenvalue weighted by molar-refractivity contribution is 7.21. The predicted octanol–water partition coefficient (Wildman–Crippen LogP) is 5.07. The first-order valence-electron chi connectivity index (χ1n) is 11.4. The van der Waals surface area contributed by atoms with Gasteiger partial charge < -0.3 is 21.1 Å². The molecule has 3 heterocycles. The first-order valence-corrected chi connectivity index (χ1v) is 12.3. The van der Waals surface area contributed by atoms with E-state index >= 15 is 0 Å². The molecule has 0 aliphatic heterocycles. The maximum Gasteiger partial charge on any atom is 0.190 e. The van der Waals surface area contributed by atoms with Gasteiger partial charge >= 0.3 is 0 Å². The van der Waals surface area contributed by atoms with Crippen LogP contribution in [-0.2, 0) is 6.54 Å². The average molecular weight is 455 g/mol. The van der Waals surface area contributed by atoms with E-state index in [1.807, 2.05) is 12.1 Å². The second kappa shape index (κ2) is 9.68. The summed E-state index contributed by atoms with van der Waals surface area (Å²) in [5.74, 6) is 1.63. The molecule has 0 spiro atoms. The lowest BCUT2D eigenvalue weighted by atomic mass is 9.88. The largest absolute Gasteiger partial charge is 0.393 e. The molecule has 1 saturated carbocycles. The molecule has 1 unspecified atom stereocenters. The van der Waals surface area contributed by atoms with Gasteiger partial charge in [0.05, 0.1) is 6.10 Å². The van der Waals surface area contributed by atoms with Crippen molar-refractivity contribution in [2.45, 2.75) is 78.1 Å². The van der Waals surface area contributed by atoms with Crippen LogP contribution < -0.4 is 16.0 Å². The van der Waals surface area contributed by atoms with Crippen LogP contribution >= 0.6 is 11.3 Å². The van der Waals surface area contributed by atoms with Crippen molar-refractivity contribution < 1.29 is 5.11 Å². The Bertz CT molecular complexity index is 1010. The molecule has 7 nitrogen and oxygen atoms in total. The van der Waals surface area contributed by atoms with Crippen molar-refractivity contribution in [2.24, 2.45) is 5.41 Å². The van der Waals surface area contributed by atoms with Crippen LogP contribution in [0.25, 0.3) is 10.3 Å². The summed E-state index contributed by atoms with van der Waals surface area (Å²) in [5, 5.41) is 21.2. The van der Waals surface area contributed by atoms with Crippen molar-refractivity contribution in [2.75, 3.05) is 10.6 Å². The minimum absolute atomic E-state index is 0.166. The topological polar surface area (TPSA) is 95.0 Å². The van der Waals surface area contributed by atoms with Gasteiger partial charge in [0.1, 0.15) is 22.0 Å². The van der Waals surface area contributed by atoms with E-state index in [1.165, 1.54) is 11.3 Å². The summed E-state index contributed by atoms with van der Waals surface area (Å²) in [6, 6.07) is 8.78. The summed E-state index contributed by atoms with van der Waals surface area (Å²) in [4.78, 5) is 14.8. The average Bonchev–Trinajstić information content (AvgIpc) is 3.15. The predicted molar refractivity (Wildman–Crippen MR) is 133 cm³/mol. The number of anilines is 3. The van der Waals surface area contributed by atoms with Gasteiger partial charge in [-0.15, -0.1) is 0 Å². The van der Waals surface area contributed by atoms with Crippen LogP contribution in [-0.4, -0.2) is 38.2 Å². The van der Waals surface area contributed by atoms with Gasteiger partial charge in [-0.25, -0.2) is 15.0 Å². The number of fused-ring (bicyclic) bond motifs is 1. The Kier molecular flexibility index (Phi) is 6.93. The van der Waals surface area contributed by atoms with Crippen LogP contribution in [0.15, 0.2) is 30.5 Å². The number of nitrogens with zero attached hydrogens (tertiary/aromatic N) is 3. The normalized spacial score (nSPS) is 20.3. The first-order chi connectivity index (χ1) is 15.3. The minimum Gasteiger partial charge on any atom is -0.393 e. The number of hydrogen-bond donors (Lipinski definition) is 4. The smallest absolute Gasteiger partial charge is 0.190 e. The molecular formula is C24H34N6OS. The molecule has 1 fully saturated rings. The third-order valence-corrected chi connectivity index (χ3v) is 7.14. The van der Waals surface area contributed by atoms with Gasteiger partial charge in [0.25, 0.3) is 0 Å². The van der Waals surface area contributed by atoms with Crippen LogP contribution in [0.1, 0.15) is 58.9 Å². The number of thiazole rings is 1. The molecule has 1 aliphatic carbocycles. The Balaban J connectivity index is 1.54. The molecule has 1 aliphatic rings. The number of rotatable bonds is 7. The molecule has 4 N–H and O–H groups in total. The Morgan fingerprint density at radius 2 is 1.88 bits per heavy atom. The second-order valence-electron chi connectivity index (χ2n) is 9.84. The summed E-state index contributed by atoms with van der Waals surface area (Å²) < 4.78 is 0. The SMILES string of the molecule is CC(NCc1cc(Nc2nc3cccnc3s2)nc(NC2CCC(O)CC2)c1)C(C)(C)C. The Morgan fingerprint density at radius 3 is 2.59 bits per heavy atom. The van der Waals surface area contributed by atoms with E-state index in [1.54, 1.807) is 6.20 Å². The molecule has 0 saturated heterocycles. The zero-order valence-corrected chi connectivity index (χ0v) is 20.2. The van der Waals surface area contributed by atoms with Crippen molar-refractivity contribution in [1.29, 1.82) is 0 Å². The Morgan fingerprint density at radius 1 is 1.12 bits per heavy atom. The standard InChI is InChI=1S/C24H34N6OS/c1-15(24(2,3)4)26-14-16-12-20(27-17-7-9-18(31)10-8-17)29-21(13-16)30-23-28-19-6-5-11-25-22(19)32-23/h5-6,11-13,15,17-18,26,31H,7-10,14H2,1-4H3,(H2,27,28,29,30). The van der Waals surface area contributed by atoms with Crippen LogP contribution in [0.4, 0.5) is 16.8 Å². The molecular weight excluding hydrogens is 420 g/mol. The summed E-state index contributed by atoms with van der Waals surface area (Å²) in [6.45, 7) is 9.72. The van der Waals surface area contributed by atoms with Crippen molar-refractivity contribution >= 4 is 38.5 Å². The molecule has 3 aromatic rings. The molecule has 0 bridgehead atoms. The first kappa shape index (κ1) is 22.9. The summed E-state index contributed by atoms with van der Waals surface area (Å²) in [7, 11) is 0. The number of aliphatic hydroxyl groups excluding tert-OH is 1. The van der Waals surface area contributed by atoms with Crippen molar-refractivity contribution in [1.82, 2.24) is 20.3 Å². The fraction of sp³-hybridized carbons (Fsp3) is 0.542. The minimum atomic E-state index is -0.166. The fourth-order valence-electron chi connectivity index (χ4n) is 3.77. The van der Waals surface area contributed by atoms with Crippen molar-refractivity contribution in [3.05, 3.63) is 36.0 Å². The van der Waals surface area contributed by atoms with Gasteiger partial charge in [0.15, 0.2) is 5.13 Å². The van der Waals surface area contributed by atoms with Crippen LogP contribution in [0, 0.1) is 5.41 Å². The maximum absolute atomic E-state index is 9.82. The van der Waals surface area contributed by atoms with E-state index in [9.17, 15) is 5.11 Å². The lowest BCUT2D eigenvalue weighted by Gasteiger charge is -2.29. The van der Waals surface area contributed by atoms with Gasteiger partial charge in [-0.3, -0.25) is 0 Å². The Labute approximate surface area is 194 Å². The van der Waals surface area contributed by atoms with E-state index < -0.39 is 0 Å². The zero-order valence-electron chi connectivity index (χ0n) is 19.4. The third kappa shape index (κ3) is 5.94. The molecule has 0 aromatic carbocycles. The van der Waals surface area contributed by atoms with Gasteiger partial charge in [-0.05, 0) is 67.9 Å². The highest BCUT2D eigenvalue weighted by atomic mass is 32.1. The van der Waals surface area contributed by atoms with E-state index in [-0.39, 0.29) is 11.5 Å².